The van der Waals surface area contributed by atoms with Crippen LogP contribution in [0.5, 0.6) is 0 Å². The van der Waals surface area contributed by atoms with Crippen LogP contribution in [0.25, 0.3) is 0 Å². The molecule has 2 rings (SSSR count). The van der Waals surface area contributed by atoms with E-state index in [1.165, 1.54) is 0 Å². The van der Waals surface area contributed by atoms with Crippen LogP contribution in [0.2, 0.25) is 5.02 Å². The van der Waals surface area contributed by atoms with Gasteiger partial charge in [-0.25, -0.2) is 0 Å². The van der Waals surface area contributed by atoms with Gasteiger partial charge in [0.25, 0.3) is 0 Å². The standard InChI is InChI=1S/C15H17ClN2O2/c1-2-20-15(19)12-6-4-8-18(10-12)14-11(9-17)5-3-7-13(14)16/h3,5,7,12H,2,4,6,8,10H2,1H3. The maximum Gasteiger partial charge on any atom is 0.310 e. The van der Waals surface area contributed by atoms with Crippen LogP contribution in [-0.4, -0.2) is 25.7 Å². The smallest absolute Gasteiger partial charge is 0.310 e. The van der Waals surface area contributed by atoms with Gasteiger partial charge in [-0.15, -0.1) is 0 Å². The van der Waals surface area contributed by atoms with Crippen molar-refractivity contribution >= 4 is 23.3 Å². The number of carbonyl (C=O) groups excluding carboxylic acids is 1. The number of carbonyl (C=O) groups is 1. The van der Waals surface area contributed by atoms with E-state index in [0.717, 1.165) is 25.1 Å². The second-order valence-corrected chi connectivity index (χ2v) is 5.19. The summed E-state index contributed by atoms with van der Waals surface area (Å²) >= 11 is 6.22. The van der Waals surface area contributed by atoms with Crippen LogP contribution in [0.4, 0.5) is 5.69 Å². The van der Waals surface area contributed by atoms with Gasteiger partial charge in [0.2, 0.25) is 0 Å². The Bertz CT molecular complexity index is 539. The highest BCUT2D eigenvalue weighted by molar-refractivity contribution is 6.33. The van der Waals surface area contributed by atoms with Gasteiger partial charge in [0.15, 0.2) is 0 Å². The van der Waals surface area contributed by atoms with Crippen molar-refractivity contribution in [1.29, 1.82) is 5.26 Å². The number of para-hydroxylation sites is 1. The number of esters is 1. The summed E-state index contributed by atoms with van der Waals surface area (Å²) in [5, 5.41) is 9.76. The number of piperidine rings is 1. The molecule has 1 fully saturated rings. The maximum atomic E-state index is 11.9. The molecule has 0 amide bonds. The van der Waals surface area contributed by atoms with Crippen molar-refractivity contribution in [2.45, 2.75) is 19.8 Å². The molecular formula is C15H17ClN2O2. The Labute approximate surface area is 123 Å². The average Bonchev–Trinajstić information content (AvgIpc) is 2.47. The molecule has 1 heterocycles. The highest BCUT2D eigenvalue weighted by Crippen LogP contribution is 2.33. The first-order valence-corrected chi connectivity index (χ1v) is 7.15. The van der Waals surface area contributed by atoms with Crippen LogP contribution < -0.4 is 4.90 Å². The molecule has 0 N–H and O–H groups in total. The Morgan fingerprint density at radius 3 is 3.10 bits per heavy atom. The summed E-state index contributed by atoms with van der Waals surface area (Å²) in [6.45, 7) is 3.55. The van der Waals surface area contributed by atoms with Gasteiger partial charge < -0.3 is 9.64 Å². The number of anilines is 1. The first-order valence-electron chi connectivity index (χ1n) is 6.77. The minimum atomic E-state index is -0.164. The van der Waals surface area contributed by atoms with Crippen molar-refractivity contribution in [3.63, 3.8) is 0 Å². The number of hydrogen-bond donors (Lipinski definition) is 0. The molecule has 0 aromatic heterocycles. The van der Waals surface area contributed by atoms with E-state index in [1.54, 1.807) is 25.1 Å². The third-order valence-electron chi connectivity index (χ3n) is 3.46. The lowest BCUT2D eigenvalue weighted by Gasteiger charge is -2.34. The number of benzene rings is 1. The normalized spacial score (nSPS) is 18.4. The van der Waals surface area contributed by atoms with E-state index in [9.17, 15) is 10.1 Å². The summed E-state index contributed by atoms with van der Waals surface area (Å²) in [6.07, 6.45) is 1.71. The molecule has 0 bridgehead atoms. The number of rotatable bonds is 3. The van der Waals surface area contributed by atoms with Gasteiger partial charge in [-0.2, -0.15) is 5.26 Å². The van der Waals surface area contributed by atoms with Crippen LogP contribution in [0, 0.1) is 17.2 Å². The summed E-state index contributed by atoms with van der Waals surface area (Å²) < 4.78 is 5.09. The fourth-order valence-corrected chi connectivity index (χ4v) is 2.85. The Hall–Kier alpha value is -1.73. The zero-order valence-corrected chi connectivity index (χ0v) is 12.2. The summed E-state index contributed by atoms with van der Waals surface area (Å²) in [5.74, 6) is -0.311. The summed E-state index contributed by atoms with van der Waals surface area (Å²) in [7, 11) is 0. The third kappa shape index (κ3) is 3.05. The number of nitriles is 1. The first-order chi connectivity index (χ1) is 9.67. The van der Waals surface area contributed by atoms with Crippen molar-refractivity contribution in [2.75, 3.05) is 24.6 Å². The molecule has 106 valence electrons. The first kappa shape index (κ1) is 14.7. The second-order valence-electron chi connectivity index (χ2n) is 4.79. The van der Waals surface area contributed by atoms with Crippen LogP contribution in [-0.2, 0) is 9.53 Å². The van der Waals surface area contributed by atoms with Crippen LogP contribution >= 0.6 is 11.6 Å². The summed E-state index contributed by atoms with van der Waals surface area (Å²) in [5.41, 5.74) is 1.27. The Morgan fingerprint density at radius 1 is 1.60 bits per heavy atom. The molecule has 1 aromatic carbocycles. The quantitative estimate of drug-likeness (QED) is 0.804. The Balaban J connectivity index is 2.22. The molecule has 5 heteroatoms. The number of halogens is 1. The molecule has 1 atom stereocenters. The molecule has 1 saturated heterocycles. The highest BCUT2D eigenvalue weighted by atomic mass is 35.5. The zero-order chi connectivity index (χ0) is 14.5. The predicted octanol–water partition coefficient (Wildman–Crippen LogP) is 2.99. The van der Waals surface area contributed by atoms with Crippen molar-refractivity contribution in [1.82, 2.24) is 0 Å². The molecular weight excluding hydrogens is 276 g/mol. The Morgan fingerprint density at radius 2 is 2.40 bits per heavy atom. The van der Waals surface area contributed by atoms with Crippen molar-refractivity contribution in [2.24, 2.45) is 5.92 Å². The molecule has 1 aromatic rings. The SMILES string of the molecule is CCOC(=O)C1CCCN(c2c(Cl)cccc2C#N)C1. The number of ether oxygens (including phenoxy) is 1. The van der Waals surface area contributed by atoms with Gasteiger partial charge in [0, 0.05) is 13.1 Å². The van der Waals surface area contributed by atoms with Crippen LogP contribution in [0.1, 0.15) is 25.3 Å². The third-order valence-corrected chi connectivity index (χ3v) is 3.77. The van der Waals surface area contributed by atoms with Gasteiger partial charge in [0.1, 0.15) is 6.07 Å². The molecule has 0 spiro atoms. The largest absolute Gasteiger partial charge is 0.466 e. The lowest BCUT2D eigenvalue weighted by Crippen LogP contribution is -2.40. The van der Waals surface area contributed by atoms with Crippen molar-refractivity contribution < 1.29 is 9.53 Å². The van der Waals surface area contributed by atoms with Gasteiger partial charge in [0.05, 0.1) is 28.8 Å². The minimum Gasteiger partial charge on any atom is -0.466 e. The van der Waals surface area contributed by atoms with E-state index < -0.39 is 0 Å². The maximum absolute atomic E-state index is 11.9. The summed E-state index contributed by atoms with van der Waals surface area (Å²) in [6, 6.07) is 7.44. The van der Waals surface area contributed by atoms with E-state index in [1.807, 2.05) is 4.90 Å². The van der Waals surface area contributed by atoms with Gasteiger partial charge >= 0.3 is 5.97 Å². The van der Waals surface area contributed by atoms with E-state index in [4.69, 9.17) is 16.3 Å². The van der Waals surface area contributed by atoms with Crippen molar-refractivity contribution in [3.05, 3.63) is 28.8 Å². The van der Waals surface area contributed by atoms with Gasteiger partial charge in [-0.05, 0) is 31.9 Å². The zero-order valence-electron chi connectivity index (χ0n) is 11.4. The number of hydrogen-bond acceptors (Lipinski definition) is 4. The van der Waals surface area contributed by atoms with E-state index in [2.05, 4.69) is 6.07 Å². The molecule has 1 unspecified atom stereocenters. The predicted molar refractivity (Wildman–Crippen MR) is 77.7 cm³/mol. The monoisotopic (exact) mass is 292 g/mol. The fraction of sp³-hybridized carbons (Fsp3) is 0.467. The van der Waals surface area contributed by atoms with Crippen molar-refractivity contribution in [3.8, 4) is 6.07 Å². The second kappa shape index (κ2) is 6.62. The molecule has 1 aliphatic rings. The average molecular weight is 293 g/mol. The Kier molecular flexibility index (Phi) is 4.86. The lowest BCUT2D eigenvalue weighted by atomic mass is 9.97. The number of nitrogens with zero attached hydrogens (tertiary/aromatic N) is 2. The van der Waals surface area contributed by atoms with E-state index >= 15 is 0 Å². The van der Waals surface area contributed by atoms with Crippen LogP contribution in [0.3, 0.4) is 0 Å². The molecule has 4 nitrogen and oxygen atoms in total. The topological polar surface area (TPSA) is 53.3 Å². The minimum absolute atomic E-state index is 0.147. The van der Waals surface area contributed by atoms with Gasteiger partial charge in [-0.1, -0.05) is 17.7 Å². The summed E-state index contributed by atoms with van der Waals surface area (Å²) in [4.78, 5) is 13.9. The molecule has 1 aliphatic heterocycles. The van der Waals surface area contributed by atoms with Gasteiger partial charge in [-0.3, -0.25) is 4.79 Å². The van der Waals surface area contributed by atoms with Crippen LogP contribution in [0.15, 0.2) is 18.2 Å². The molecule has 0 saturated carbocycles. The fourth-order valence-electron chi connectivity index (χ4n) is 2.56. The molecule has 0 radical (unpaired) electrons. The lowest BCUT2D eigenvalue weighted by molar-refractivity contribution is -0.148. The van der Waals surface area contributed by atoms with E-state index in [0.29, 0.717) is 23.7 Å². The molecule has 20 heavy (non-hydrogen) atoms. The molecule has 0 aliphatic carbocycles. The highest BCUT2D eigenvalue weighted by Gasteiger charge is 2.28. The van der Waals surface area contributed by atoms with E-state index in [-0.39, 0.29) is 11.9 Å².